The van der Waals surface area contributed by atoms with Gasteiger partial charge in [-0.25, -0.2) is 4.79 Å². The summed E-state index contributed by atoms with van der Waals surface area (Å²) >= 11 is 0. The molecule has 0 saturated carbocycles. The SMILES string of the molecule is CCCC[C@H](NC(=O)OCc1ccccc1)C(O)C(N)=O. The predicted octanol–water partition coefficient (Wildman–Crippen LogP) is 1.32. The molecule has 1 rings (SSSR count). The first-order chi connectivity index (χ1) is 10.0. The highest BCUT2D eigenvalue weighted by Gasteiger charge is 2.25. The molecule has 1 aromatic carbocycles. The van der Waals surface area contributed by atoms with Crippen LogP contribution in [0.3, 0.4) is 0 Å². The number of rotatable bonds is 8. The van der Waals surface area contributed by atoms with E-state index in [2.05, 4.69) is 5.32 Å². The molecule has 116 valence electrons. The van der Waals surface area contributed by atoms with Crippen molar-refractivity contribution < 1.29 is 19.4 Å². The van der Waals surface area contributed by atoms with Crippen molar-refractivity contribution in [1.82, 2.24) is 5.32 Å². The molecule has 0 saturated heterocycles. The van der Waals surface area contributed by atoms with E-state index in [9.17, 15) is 14.7 Å². The van der Waals surface area contributed by atoms with Gasteiger partial charge in [-0.2, -0.15) is 0 Å². The van der Waals surface area contributed by atoms with Gasteiger partial charge >= 0.3 is 6.09 Å². The molecule has 2 atom stereocenters. The van der Waals surface area contributed by atoms with E-state index >= 15 is 0 Å². The second kappa shape index (κ2) is 8.97. The van der Waals surface area contributed by atoms with Gasteiger partial charge in [-0.05, 0) is 12.0 Å². The van der Waals surface area contributed by atoms with E-state index in [0.29, 0.717) is 6.42 Å². The number of carbonyl (C=O) groups is 2. The van der Waals surface area contributed by atoms with E-state index in [1.54, 1.807) is 0 Å². The highest BCUT2D eigenvalue weighted by Crippen LogP contribution is 2.07. The van der Waals surface area contributed by atoms with Crippen molar-refractivity contribution in [3.63, 3.8) is 0 Å². The number of benzene rings is 1. The van der Waals surface area contributed by atoms with Gasteiger partial charge in [-0.1, -0.05) is 50.1 Å². The summed E-state index contributed by atoms with van der Waals surface area (Å²) in [5.74, 6) is -0.862. The van der Waals surface area contributed by atoms with Crippen LogP contribution >= 0.6 is 0 Å². The first-order valence-corrected chi connectivity index (χ1v) is 6.99. The van der Waals surface area contributed by atoms with Crippen LogP contribution < -0.4 is 11.1 Å². The molecule has 4 N–H and O–H groups in total. The average Bonchev–Trinajstić information content (AvgIpc) is 2.49. The zero-order chi connectivity index (χ0) is 15.7. The van der Waals surface area contributed by atoms with Crippen LogP contribution in [0.5, 0.6) is 0 Å². The molecule has 0 aliphatic carbocycles. The molecule has 0 heterocycles. The fraction of sp³-hybridized carbons (Fsp3) is 0.467. The predicted molar refractivity (Wildman–Crippen MR) is 78.3 cm³/mol. The Hall–Kier alpha value is -2.08. The van der Waals surface area contributed by atoms with Gasteiger partial charge in [-0.15, -0.1) is 0 Å². The second-order valence-electron chi connectivity index (χ2n) is 4.80. The van der Waals surface area contributed by atoms with E-state index in [0.717, 1.165) is 18.4 Å². The summed E-state index contributed by atoms with van der Waals surface area (Å²) in [7, 11) is 0. The third kappa shape index (κ3) is 6.27. The van der Waals surface area contributed by atoms with Gasteiger partial charge in [0.15, 0.2) is 6.10 Å². The largest absolute Gasteiger partial charge is 0.445 e. The van der Waals surface area contributed by atoms with Crippen LogP contribution in [-0.2, 0) is 16.1 Å². The van der Waals surface area contributed by atoms with Crippen LogP contribution in [0.15, 0.2) is 30.3 Å². The highest BCUT2D eigenvalue weighted by molar-refractivity contribution is 5.80. The van der Waals surface area contributed by atoms with Gasteiger partial charge in [0.25, 0.3) is 0 Å². The van der Waals surface area contributed by atoms with Gasteiger partial charge in [0.1, 0.15) is 6.61 Å². The van der Waals surface area contributed by atoms with Gasteiger partial charge in [-0.3, -0.25) is 4.79 Å². The molecule has 0 aliphatic rings. The number of unbranched alkanes of at least 4 members (excludes halogenated alkanes) is 1. The lowest BCUT2D eigenvalue weighted by Crippen LogP contribution is -2.49. The first kappa shape index (κ1) is 17.0. The highest BCUT2D eigenvalue weighted by atomic mass is 16.5. The number of nitrogens with two attached hydrogens (primary N) is 1. The fourth-order valence-electron chi connectivity index (χ4n) is 1.85. The Morgan fingerprint density at radius 3 is 2.57 bits per heavy atom. The van der Waals surface area contributed by atoms with Gasteiger partial charge in [0.2, 0.25) is 5.91 Å². The standard InChI is InChI=1S/C15H22N2O4/c1-2-3-9-12(13(18)14(16)19)17-15(20)21-10-11-7-5-4-6-8-11/h4-8,12-13,18H,2-3,9-10H2,1H3,(H2,16,19)(H,17,20)/t12-,13?/m0/s1. The topological polar surface area (TPSA) is 102 Å². The summed E-state index contributed by atoms with van der Waals surface area (Å²) in [6, 6.07) is 8.49. The molecule has 0 fully saturated rings. The maximum Gasteiger partial charge on any atom is 0.407 e. The van der Waals surface area contributed by atoms with Crippen molar-refractivity contribution in [1.29, 1.82) is 0 Å². The summed E-state index contributed by atoms with van der Waals surface area (Å²) in [6.07, 6.45) is -0.00124. The molecule has 21 heavy (non-hydrogen) atoms. The van der Waals surface area contributed by atoms with Crippen LogP contribution in [0.4, 0.5) is 4.79 Å². The lowest BCUT2D eigenvalue weighted by atomic mass is 10.0. The molecule has 0 spiro atoms. The number of nitrogens with one attached hydrogen (secondary N) is 1. The Balaban J connectivity index is 2.49. The number of carbonyl (C=O) groups excluding carboxylic acids is 2. The van der Waals surface area contributed by atoms with Crippen LogP contribution in [0.1, 0.15) is 31.7 Å². The van der Waals surface area contributed by atoms with E-state index in [1.807, 2.05) is 37.3 Å². The minimum Gasteiger partial charge on any atom is -0.445 e. The van der Waals surface area contributed by atoms with Crippen molar-refractivity contribution >= 4 is 12.0 Å². The maximum absolute atomic E-state index is 11.7. The molecule has 0 aliphatic heterocycles. The third-order valence-corrected chi connectivity index (χ3v) is 3.06. The molecule has 0 aromatic heterocycles. The Morgan fingerprint density at radius 2 is 2.00 bits per heavy atom. The summed E-state index contributed by atoms with van der Waals surface area (Å²) in [5.41, 5.74) is 5.92. The average molecular weight is 294 g/mol. The second-order valence-corrected chi connectivity index (χ2v) is 4.80. The quantitative estimate of drug-likeness (QED) is 0.673. The third-order valence-electron chi connectivity index (χ3n) is 3.06. The zero-order valence-corrected chi connectivity index (χ0v) is 12.1. The minimum atomic E-state index is -1.42. The smallest absolute Gasteiger partial charge is 0.407 e. The van der Waals surface area contributed by atoms with Crippen LogP contribution in [0.2, 0.25) is 0 Å². The van der Waals surface area contributed by atoms with Crippen LogP contribution in [0.25, 0.3) is 0 Å². The van der Waals surface area contributed by atoms with E-state index < -0.39 is 24.1 Å². The summed E-state index contributed by atoms with van der Waals surface area (Å²) in [6.45, 7) is 2.10. The molecule has 0 radical (unpaired) electrons. The summed E-state index contributed by atoms with van der Waals surface area (Å²) in [4.78, 5) is 22.8. The van der Waals surface area contributed by atoms with Crippen LogP contribution in [-0.4, -0.2) is 29.3 Å². The molecule has 0 bridgehead atoms. The van der Waals surface area contributed by atoms with E-state index in [-0.39, 0.29) is 6.61 Å². The Kier molecular flexibility index (Phi) is 7.25. The molecular formula is C15H22N2O4. The number of aliphatic hydroxyl groups is 1. The Labute approximate surface area is 124 Å². The number of amides is 2. The van der Waals surface area contributed by atoms with E-state index in [1.165, 1.54) is 0 Å². The van der Waals surface area contributed by atoms with Crippen molar-refractivity contribution in [3.05, 3.63) is 35.9 Å². The molecule has 1 unspecified atom stereocenters. The Morgan fingerprint density at radius 1 is 1.33 bits per heavy atom. The van der Waals surface area contributed by atoms with Crippen molar-refractivity contribution in [2.24, 2.45) is 5.73 Å². The number of primary amides is 1. The minimum absolute atomic E-state index is 0.125. The molecule has 1 aromatic rings. The number of aliphatic hydroxyl groups excluding tert-OH is 1. The van der Waals surface area contributed by atoms with Gasteiger partial charge in [0, 0.05) is 0 Å². The zero-order valence-electron chi connectivity index (χ0n) is 12.1. The van der Waals surface area contributed by atoms with Crippen molar-refractivity contribution in [3.8, 4) is 0 Å². The number of hydrogen-bond donors (Lipinski definition) is 3. The van der Waals surface area contributed by atoms with Gasteiger partial charge in [0.05, 0.1) is 6.04 Å². The number of alkyl carbamates (subject to hydrolysis) is 1. The maximum atomic E-state index is 11.7. The molecule has 2 amide bonds. The normalized spacial score (nSPS) is 13.2. The Bertz CT molecular complexity index is 450. The molecule has 6 nitrogen and oxygen atoms in total. The fourth-order valence-corrected chi connectivity index (χ4v) is 1.85. The number of hydrogen-bond acceptors (Lipinski definition) is 4. The van der Waals surface area contributed by atoms with Crippen molar-refractivity contribution in [2.75, 3.05) is 0 Å². The molecular weight excluding hydrogens is 272 g/mol. The lowest BCUT2D eigenvalue weighted by Gasteiger charge is -2.21. The first-order valence-electron chi connectivity index (χ1n) is 6.99. The number of ether oxygens (including phenoxy) is 1. The summed E-state index contributed by atoms with van der Waals surface area (Å²) < 4.78 is 5.06. The van der Waals surface area contributed by atoms with Crippen LogP contribution in [0, 0.1) is 0 Å². The lowest BCUT2D eigenvalue weighted by molar-refractivity contribution is -0.127. The van der Waals surface area contributed by atoms with E-state index in [4.69, 9.17) is 10.5 Å². The molecule has 6 heteroatoms. The van der Waals surface area contributed by atoms with Crippen molar-refractivity contribution in [2.45, 2.75) is 44.9 Å². The summed E-state index contributed by atoms with van der Waals surface area (Å²) in [5, 5.41) is 12.2. The van der Waals surface area contributed by atoms with Gasteiger partial charge < -0.3 is 20.9 Å². The monoisotopic (exact) mass is 294 g/mol.